The number of unbranched alkanes of at least 4 members (excludes halogenated alkanes) is 5. The summed E-state index contributed by atoms with van der Waals surface area (Å²) in [5.74, 6) is 0. The quantitative estimate of drug-likeness (QED) is 0.517. The zero-order valence-corrected chi connectivity index (χ0v) is 12.3. The largest absolute Gasteiger partial charge is 0.363 e. The molecule has 3 heteroatoms. The molecule has 3 N–H and O–H groups in total. The van der Waals surface area contributed by atoms with E-state index in [1.54, 1.807) is 0 Å². The highest BCUT2D eigenvalue weighted by molar-refractivity contribution is 5.85. The van der Waals surface area contributed by atoms with E-state index >= 15 is 0 Å². The van der Waals surface area contributed by atoms with E-state index in [2.05, 4.69) is 27.7 Å². The molecule has 1 saturated heterocycles. The lowest BCUT2D eigenvalue weighted by molar-refractivity contribution is 0.273. The fourth-order valence-electron chi connectivity index (χ4n) is 2.13. The molecule has 1 fully saturated rings. The summed E-state index contributed by atoms with van der Waals surface area (Å²) in [4.78, 5) is 0. The van der Waals surface area contributed by atoms with Gasteiger partial charge in [0.1, 0.15) is 0 Å². The van der Waals surface area contributed by atoms with Crippen molar-refractivity contribution >= 4 is 12.4 Å². The van der Waals surface area contributed by atoms with Crippen LogP contribution in [0.5, 0.6) is 0 Å². The first kappa shape index (κ1) is 18.6. The molecule has 1 aliphatic heterocycles. The summed E-state index contributed by atoms with van der Waals surface area (Å²) in [6.45, 7) is 8.91. The van der Waals surface area contributed by atoms with Crippen molar-refractivity contribution in [1.82, 2.24) is 6.15 Å². The van der Waals surface area contributed by atoms with Gasteiger partial charge in [0, 0.05) is 0 Å². The molecule has 0 amide bonds. The molecule has 1 unspecified atom stereocenters. The summed E-state index contributed by atoms with van der Waals surface area (Å²) in [5, 5.41) is 0. The van der Waals surface area contributed by atoms with Crippen LogP contribution in [0, 0.1) is 0 Å². The zero-order valence-electron chi connectivity index (χ0n) is 11.5. The number of rotatable bonds is 7. The summed E-state index contributed by atoms with van der Waals surface area (Å²) >= 11 is 0. The molecule has 0 aliphatic carbocycles. The molecule has 16 heavy (non-hydrogen) atoms. The third kappa shape index (κ3) is 5.03. The molecule has 0 aromatic rings. The number of hydrogen-bond acceptors (Lipinski definition) is 2. The van der Waals surface area contributed by atoms with Gasteiger partial charge < -0.3 is 10.9 Å². The fraction of sp³-hybridized carbons (Fsp3) is 1.00. The normalized spacial score (nSPS) is 25.5. The van der Waals surface area contributed by atoms with Crippen LogP contribution in [-0.2, 0) is 4.74 Å². The Morgan fingerprint density at radius 3 is 1.75 bits per heavy atom. The average molecular weight is 252 g/mol. The SMILES string of the molecule is CCCCCCCCC1(C)OC1(C)C.Cl.N. The van der Waals surface area contributed by atoms with Gasteiger partial charge in [0.15, 0.2) is 0 Å². The van der Waals surface area contributed by atoms with Crippen LogP contribution in [0.2, 0.25) is 0 Å². The highest BCUT2D eigenvalue weighted by Crippen LogP contribution is 2.50. The fourth-order valence-corrected chi connectivity index (χ4v) is 2.13. The monoisotopic (exact) mass is 251 g/mol. The first-order valence-corrected chi connectivity index (χ1v) is 6.22. The van der Waals surface area contributed by atoms with Crippen molar-refractivity contribution in [2.75, 3.05) is 0 Å². The van der Waals surface area contributed by atoms with Gasteiger partial charge in [-0.15, -0.1) is 12.4 Å². The van der Waals surface area contributed by atoms with E-state index in [0.29, 0.717) is 0 Å². The van der Waals surface area contributed by atoms with E-state index in [4.69, 9.17) is 4.74 Å². The Labute approximate surface area is 108 Å². The summed E-state index contributed by atoms with van der Waals surface area (Å²) in [6, 6.07) is 0. The number of epoxide rings is 1. The average Bonchev–Trinajstić information content (AvgIpc) is 2.59. The predicted molar refractivity (Wildman–Crippen MR) is 73.8 cm³/mol. The van der Waals surface area contributed by atoms with E-state index in [1.165, 1.54) is 44.9 Å². The number of hydrogen-bond donors (Lipinski definition) is 1. The lowest BCUT2D eigenvalue weighted by atomic mass is 9.92. The highest BCUT2D eigenvalue weighted by atomic mass is 35.5. The molecule has 1 heterocycles. The first-order chi connectivity index (χ1) is 6.52. The van der Waals surface area contributed by atoms with Crippen LogP contribution in [0.1, 0.15) is 72.6 Å². The van der Waals surface area contributed by atoms with Gasteiger partial charge >= 0.3 is 0 Å². The van der Waals surface area contributed by atoms with Crippen molar-refractivity contribution in [2.45, 2.75) is 83.8 Å². The van der Waals surface area contributed by atoms with E-state index in [-0.39, 0.29) is 29.8 Å². The maximum atomic E-state index is 5.72. The van der Waals surface area contributed by atoms with Gasteiger partial charge in [-0.2, -0.15) is 0 Å². The second kappa shape index (κ2) is 7.52. The van der Waals surface area contributed by atoms with Crippen LogP contribution < -0.4 is 6.15 Å². The molecule has 2 nitrogen and oxygen atoms in total. The van der Waals surface area contributed by atoms with Crippen molar-refractivity contribution in [3.63, 3.8) is 0 Å². The summed E-state index contributed by atoms with van der Waals surface area (Å²) in [6.07, 6.45) is 9.53. The van der Waals surface area contributed by atoms with Gasteiger partial charge in [0.2, 0.25) is 0 Å². The summed E-state index contributed by atoms with van der Waals surface area (Å²) < 4.78 is 5.72. The molecule has 1 rings (SSSR count). The lowest BCUT2D eigenvalue weighted by Gasteiger charge is -2.08. The minimum Gasteiger partial charge on any atom is -0.363 e. The second-order valence-corrected chi connectivity index (χ2v) is 5.36. The Morgan fingerprint density at radius 1 is 0.875 bits per heavy atom. The van der Waals surface area contributed by atoms with Crippen molar-refractivity contribution in [2.24, 2.45) is 0 Å². The van der Waals surface area contributed by atoms with Crippen LogP contribution in [0.3, 0.4) is 0 Å². The van der Waals surface area contributed by atoms with Gasteiger partial charge in [-0.25, -0.2) is 0 Å². The Kier molecular flexibility index (Phi) is 8.73. The molecule has 0 aromatic carbocycles. The Balaban J connectivity index is 0. The molecule has 1 atom stereocenters. The topological polar surface area (TPSA) is 47.5 Å². The molecule has 1 aliphatic rings. The van der Waals surface area contributed by atoms with Crippen LogP contribution in [0.25, 0.3) is 0 Å². The molecule has 0 bridgehead atoms. The third-order valence-corrected chi connectivity index (χ3v) is 3.72. The first-order valence-electron chi connectivity index (χ1n) is 6.22. The predicted octanol–water partition coefficient (Wildman–Crippen LogP) is 4.89. The Hall–Kier alpha value is 0.210. The third-order valence-electron chi connectivity index (χ3n) is 3.72. The van der Waals surface area contributed by atoms with Crippen molar-refractivity contribution in [3.05, 3.63) is 0 Å². The van der Waals surface area contributed by atoms with Gasteiger partial charge in [0.25, 0.3) is 0 Å². The van der Waals surface area contributed by atoms with E-state index < -0.39 is 0 Å². The smallest absolute Gasteiger partial charge is 0.0946 e. The highest BCUT2D eigenvalue weighted by Gasteiger charge is 2.58. The maximum absolute atomic E-state index is 5.72. The van der Waals surface area contributed by atoms with Crippen LogP contribution in [0.4, 0.5) is 0 Å². The zero-order chi connectivity index (χ0) is 10.7. The van der Waals surface area contributed by atoms with Crippen LogP contribution in [0.15, 0.2) is 0 Å². The van der Waals surface area contributed by atoms with Gasteiger partial charge in [-0.1, -0.05) is 45.4 Å². The molecule has 100 valence electrons. The van der Waals surface area contributed by atoms with Gasteiger partial charge in [-0.05, 0) is 27.2 Å². The number of halogens is 1. The summed E-state index contributed by atoms with van der Waals surface area (Å²) in [7, 11) is 0. The Bertz CT molecular complexity index is 185. The van der Waals surface area contributed by atoms with Crippen LogP contribution in [-0.4, -0.2) is 11.2 Å². The van der Waals surface area contributed by atoms with Gasteiger partial charge in [0.05, 0.1) is 11.2 Å². The molecule has 0 aromatic heterocycles. The van der Waals surface area contributed by atoms with E-state index in [9.17, 15) is 0 Å². The molecule has 0 saturated carbocycles. The standard InChI is InChI=1S/C13H26O.ClH.H3N/c1-5-6-7-8-9-10-11-13(4)12(2,3)14-13;;/h5-11H2,1-4H3;1H;1H3. The van der Waals surface area contributed by atoms with Gasteiger partial charge in [-0.3, -0.25) is 0 Å². The molecule has 0 radical (unpaired) electrons. The van der Waals surface area contributed by atoms with Crippen molar-refractivity contribution < 1.29 is 4.74 Å². The molecular formula is C13H30ClNO. The minimum absolute atomic E-state index is 0. The molecular weight excluding hydrogens is 222 g/mol. The lowest BCUT2D eigenvalue weighted by Crippen LogP contribution is -2.15. The Morgan fingerprint density at radius 2 is 1.31 bits per heavy atom. The van der Waals surface area contributed by atoms with Crippen molar-refractivity contribution in [3.8, 4) is 0 Å². The van der Waals surface area contributed by atoms with E-state index in [0.717, 1.165) is 0 Å². The second-order valence-electron chi connectivity index (χ2n) is 5.36. The van der Waals surface area contributed by atoms with Crippen molar-refractivity contribution in [1.29, 1.82) is 0 Å². The van der Waals surface area contributed by atoms with Crippen LogP contribution >= 0.6 is 12.4 Å². The summed E-state index contributed by atoms with van der Waals surface area (Å²) in [5.41, 5.74) is 0.341. The minimum atomic E-state index is 0. The van der Waals surface area contributed by atoms with E-state index in [1.807, 2.05) is 0 Å². The molecule has 0 spiro atoms. The number of ether oxygens (including phenoxy) is 1. The maximum Gasteiger partial charge on any atom is 0.0946 e.